The van der Waals surface area contributed by atoms with Crippen LogP contribution in [0.5, 0.6) is 0 Å². The van der Waals surface area contributed by atoms with Crippen LogP contribution in [0.25, 0.3) is 6.08 Å². The largest absolute Gasteiger partial charge is 0.394 e. The van der Waals surface area contributed by atoms with Crippen LogP contribution in [0, 0.1) is 0 Å². The van der Waals surface area contributed by atoms with Crippen molar-refractivity contribution in [2.24, 2.45) is 0 Å². The summed E-state index contributed by atoms with van der Waals surface area (Å²) in [4.78, 5) is 25.4. The van der Waals surface area contributed by atoms with Crippen LogP contribution in [0.15, 0.2) is 21.9 Å². The van der Waals surface area contributed by atoms with Crippen LogP contribution in [0.3, 0.4) is 0 Å². The van der Waals surface area contributed by atoms with Gasteiger partial charge in [-0.3, -0.25) is 14.3 Å². The molecule has 4 N–H and O–H groups in total. The first kappa shape index (κ1) is 14.7. The SMILES string of the molecule is C/C=C\c1cn([C@@H]2O[C@H](CO)[C@@H](O)[C@@H]2O)c(=O)[nH]c1=O. The fourth-order valence-corrected chi connectivity index (χ4v) is 2.10. The highest BCUT2D eigenvalue weighted by molar-refractivity contribution is 5.45. The minimum atomic E-state index is -1.38. The third kappa shape index (κ3) is 2.46. The fourth-order valence-electron chi connectivity index (χ4n) is 2.10. The number of aliphatic hydroxyl groups excluding tert-OH is 3. The standard InChI is InChI=1S/C12H16N2O6/c1-2-3-6-4-14(12(19)13-10(6)18)11-9(17)8(16)7(5-15)20-11/h2-4,7-9,11,15-17H,5H2,1H3,(H,13,18,19)/b3-2-/t7-,8-,9+,11-/m1/s1. The van der Waals surface area contributed by atoms with Gasteiger partial charge in [0.05, 0.1) is 12.2 Å². The number of aromatic nitrogens is 2. The molecule has 1 fully saturated rings. The van der Waals surface area contributed by atoms with Gasteiger partial charge in [-0.05, 0) is 6.92 Å². The zero-order valence-corrected chi connectivity index (χ0v) is 10.8. The second-order valence-corrected chi connectivity index (χ2v) is 4.48. The normalized spacial score (nSPS) is 30.2. The molecular weight excluding hydrogens is 268 g/mol. The van der Waals surface area contributed by atoms with E-state index in [-0.39, 0.29) is 5.56 Å². The molecule has 2 rings (SSSR count). The lowest BCUT2D eigenvalue weighted by Gasteiger charge is -2.17. The predicted molar refractivity (Wildman–Crippen MR) is 69.0 cm³/mol. The summed E-state index contributed by atoms with van der Waals surface area (Å²) in [6.45, 7) is 1.22. The number of H-pyrrole nitrogens is 1. The molecule has 0 unspecified atom stereocenters. The molecule has 1 aliphatic rings. The highest BCUT2D eigenvalue weighted by Gasteiger charge is 2.43. The number of aromatic amines is 1. The Kier molecular flexibility index (Phi) is 4.19. The third-order valence-electron chi connectivity index (χ3n) is 3.13. The van der Waals surface area contributed by atoms with Crippen LogP contribution in [0.1, 0.15) is 18.7 Å². The van der Waals surface area contributed by atoms with Gasteiger partial charge in [-0.2, -0.15) is 0 Å². The molecule has 1 aromatic heterocycles. The van der Waals surface area contributed by atoms with E-state index in [0.717, 1.165) is 4.57 Å². The van der Waals surface area contributed by atoms with Crippen LogP contribution < -0.4 is 11.2 Å². The van der Waals surface area contributed by atoms with Crippen LogP contribution in [0.2, 0.25) is 0 Å². The maximum absolute atomic E-state index is 11.8. The lowest BCUT2D eigenvalue weighted by molar-refractivity contribution is -0.0550. The lowest BCUT2D eigenvalue weighted by atomic mass is 10.1. The van der Waals surface area contributed by atoms with Crippen molar-refractivity contribution < 1.29 is 20.1 Å². The van der Waals surface area contributed by atoms with E-state index in [9.17, 15) is 19.8 Å². The molecule has 8 heteroatoms. The summed E-state index contributed by atoms with van der Waals surface area (Å²) in [5.74, 6) is 0. The lowest BCUT2D eigenvalue weighted by Crippen LogP contribution is -2.38. The summed E-state index contributed by atoms with van der Waals surface area (Å²) in [5, 5.41) is 28.6. The van der Waals surface area contributed by atoms with Crippen LogP contribution >= 0.6 is 0 Å². The average Bonchev–Trinajstić information content (AvgIpc) is 2.70. The Morgan fingerprint density at radius 3 is 2.65 bits per heavy atom. The highest BCUT2D eigenvalue weighted by atomic mass is 16.6. The zero-order chi connectivity index (χ0) is 14.9. The van der Waals surface area contributed by atoms with Crippen molar-refractivity contribution in [1.82, 2.24) is 9.55 Å². The van der Waals surface area contributed by atoms with Crippen molar-refractivity contribution in [2.75, 3.05) is 6.61 Å². The molecule has 0 amide bonds. The van der Waals surface area contributed by atoms with Gasteiger partial charge in [0, 0.05) is 6.20 Å². The van der Waals surface area contributed by atoms with Gasteiger partial charge >= 0.3 is 5.69 Å². The van der Waals surface area contributed by atoms with Crippen molar-refractivity contribution in [1.29, 1.82) is 0 Å². The van der Waals surface area contributed by atoms with E-state index >= 15 is 0 Å². The molecule has 1 aromatic rings. The second kappa shape index (κ2) is 5.71. The molecule has 0 spiro atoms. The van der Waals surface area contributed by atoms with Gasteiger partial charge in [0.25, 0.3) is 5.56 Å². The zero-order valence-electron chi connectivity index (χ0n) is 10.8. The van der Waals surface area contributed by atoms with E-state index in [1.165, 1.54) is 12.3 Å². The molecule has 2 heterocycles. The van der Waals surface area contributed by atoms with Crippen molar-refractivity contribution in [3.8, 4) is 0 Å². The predicted octanol–water partition coefficient (Wildman–Crippen LogP) is -1.82. The van der Waals surface area contributed by atoms with Gasteiger partial charge in [0.15, 0.2) is 6.23 Å². The van der Waals surface area contributed by atoms with Crippen molar-refractivity contribution in [2.45, 2.75) is 31.5 Å². The summed E-state index contributed by atoms with van der Waals surface area (Å²) in [5.41, 5.74) is -1.11. The number of rotatable bonds is 3. The van der Waals surface area contributed by atoms with Crippen molar-refractivity contribution in [3.63, 3.8) is 0 Å². The second-order valence-electron chi connectivity index (χ2n) is 4.48. The maximum atomic E-state index is 11.8. The summed E-state index contributed by atoms with van der Waals surface area (Å²) >= 11 is 0. The molecule has 1 aliphatic heterocycles. The van der Waals surface area contributed by atoms with E-state index in [4.69, 9.17) is 9.84 Å². The maximum Gasteiger partial charge on any atom is 0.330 e. The summed E-state index contributed by atoms with van der Waals surface area (Å²) < 4.78 is 6.23. The number of hydrogen-bond acceptors (Lipinski definition) is 6. The molecule has 0 saturated carbocycles. The van der Waals surface area contributed by atoms with Gasteiger partial charge < -0.3 is 20.1 Å². The first-order chi connectivity index (χ1) is 9.49. The Hall–Kier alpha value is -1.74. The first-order valence-corrected chi connectivity index (χ1v) is 6.10. The molecule has 0 aliphatic carbocycles. The Labute approximate surface area is 113 Å². The number of aliphatic hydroxyl groups is 3. The van der Waals surface area contributed by atoms with E-state index in [1.54, 1.807) is 13.0 Å². The molecular formula is C12H16N2O6. The van der Waals surface area contributed by atoms with Crippen LogP contribution in [-0.4, -0.2) is 49.8 Å². The Morgan fingerprint density at radius 2 is 2.10 bits per heavy atom. The van der Waals surface area contributed by atoms with Crippen LogP contribution in [0.4, 0.5) is 0 Å². The molecule has 8 nitrogen and oxygen atoms in total. The molecule has 110 valence electrons. The number of allylic oxidation sites excluding steroid dienone is 1. The smallest absolute Gasteiger partial charge is 0.330 e. The third-order valence-corrected chi connectivity index (χ3v) is 3.13. The van der Waals surface area contributed by atoms with E-state index < -0.39 is 42.4 Å². The number of ether oxygens (including phenoxy) is 1. The Morgan fingerprint density at radius 1 is 1.40 bits per heavy atom. The minimum absolute atomic E-state index is 0.213. The molecule has 4 atom stereocenters. The minimum Gasteiger partial charge on any atom is -0.394 e. The van der Waals surface area contributed by atoms with Gasteiger partial charge in [0.2, 0.25) is 0 Å². The topological polar surface area (TPSA) is 125 Å². The average molecular weight is 284 g/mol. The van der Waals surface area contributed by atoms with E-state index in [0.29, 0.717) is 0 Å². The fraction of sp³-hybridized carbons (Fsp3) is 0.500. The van der Waals surface area contributed by atoms with Gasteiger partial charge in [-0.1, -0.05) is 12.2 Å². The molecule has 20 heavy (non-hydrogen) atoms. The van der Waals surface area contributed by atoms with Crippen LogP contribution in [-0.2, 0) is 4.74 Å². The van der Waals surface area contributed by atoms with Gasteiger partial charge in [-0.15, -0.1) is 0 Å². The summed E-state index contributed by atoms with van der Waals surface area (Å²) in [6.07, 6.45) is -0.494. The number of nitrogens with zero attached hydrogens (tertiary/aromatic N) is 1. The molecule has 0 radical (unpaired) electrons. The number of nitrogens with one attached hydrogen (secondary N) is 1. The first-order valence-electron chi connectivity index (χ1n) is 6.10. The highest BCUT2D eigenvalue weighted by Crippen LogP contribution is 2.27. The summed E-state index contributed by atoms with van der Waals surface area (Å²) in [6, 6.07) is 0. The van der Waals surface area contributed by atoms with Gasteiger partial charge in [-0.25, -0.2) is 4.79 Å². The molecule has 0 bridgehead atoms. The summed E-state index contributed by atoms with van der Waals surface area (Å²) in [7, 11) is 0. The van der Waals surface area contributed by atoms with Gasteiger partial charge in [0.1, 0.15) is 18.3 Å². The van der Waals surface area contributed by atoms with Crippen molar-refractivity contribution >= 4 is 6.08 Å². The quantitative estimate of drug-likeness (QED) is 0.518. The monoisotopic (exact) mass is 284 g/mol. The number of hydrogen-bond donors (Lipinski definition) is 4. The Bertz CT molecular complexity index is 619. The van der Waals surface area contributed by atoms with E-state index in [2.05, 4.69) is 4.98 Å². The van der Waals surface area contributed by atoms with Crippen molar-refractivity contribution in [3.05, 3.63) is 38.7 Å². The molecule has 0 aromatic carbocycles. The van der Waals surface area contributed by atoms with E-state index in [1.807, 2.05) is 0 Å². The Balaban J connectivity index is 2.46. The molecule has 1 saturated heterocycles.